The highest BCUT2D eigenvalue weighted by Gasteiger charge is 2.40. The Balaban J connectivity index is 2.25. The van der Waals surface area contributed by atoms with Crippen LogP contribution in [0.5, 0.6) is 0 Å². The molecule has 1 aliphatic rings. The lowest BCUT2D eigenvalue weighted by atomic mass is 9.79. The van der Waals surface area contributed by atoms with Crippen LogP contribution < -0.4 is 15.5 Å². The SMILES string of the molecule is CCCCNC(=O)[C@H](C)C[C@H](O)[C@H](CC(C)(C)CC(=O)N1c2ccccc2CCC1C(=O)OC)NC(=O)OC(C)(C)C. The van der Waals surface area contributed by atoms with E-state index in [4.69, 9.17) is 9.47 Å². The second kappa shape index (κ2) is 15.4. The van der Waals surface area contributed by atoms with Crippen molar-refractivity contribution in [2.75, 3.05) is 18.6 Å². The van der Waals surface area contributed by atoms with Crippen LogP contribution in [0.15, 0.2) is 24.3 Å². The summed E-state index contributed by atoms with van der Waals surface area (Å²) in [7, 11) is 1.31. The zero-order valence-electron chi connectivity index (χ0n) is 26.6. The number of unbranched alkanes of at least 4 members (excludes halogenated alkanes) is 1. The lowest BCUT2D eigenvalue weighted by Crippen LogP contribution is -2.51. The number of hydrogen-bond acceptors (Lipinski definition) is 7. The van der Waals surface area contributed by atoms with Gasteiger partial charge in [0.1, 0.15) is 11.6 Å². The number of fused-ring (bicyclic) bond motifs is 1. The first-order valence-electron chi connectivity index (χ1n) is 15.0. The number of nitrogens with zero attached hydrogens (tertiary/aromatic N) is 1. The van der Waals surface area contributed by atoms with E-state index >= 15 is 0 Å². The fourth-order valence-corrected chi connectivity index (χ4v) is 5.31. The van der Waals surface area contributed by atoms with E-state index in [1.165, 1.54) is 12.0 Å². The van der Waals surface area contributed by atoms with Crippen LogP contribution in [0, 0.1) is 11.3 Å². The molecule has 1 unspecified atom stereocenters. The van der Waals surface area contributed by atoms with Gasteiger partial charge in [-0.1, -0.05) is 52.3 Å². The van der Waals surface area contributed by atoms with Crippen LogP contribution in [0.1, 0.15) is 92.6 Å². The summed E-state index contributed by atoms with van der Waals surface area (Å²) in [5.41, 5.74) is 0.209. The number of carbonyl (C=O) groups excluding carboxylic acids is 4. The Labute approximate surface area is 250 Å². The molecule has 0 aromatic heterocycles. The predicted octanol–water partition coefficient (Wildman–Crippen LogP) is 4.51. The number of aryl methyl sites for hydroxylation is 1. The third-order valence-corrected chi connectivity index (χ3v) is 7.43. The Morgan fingerprint density at radius 2 is 1.79 bits per heavy atom. The Kier molecular flexibility index (Phi) is 12.8. The molecule has 10 nitrogen and oxygen atoms in total. The number of aliphatic hydroxyl groups excluding tert-OH is 1. The molecule has 1 aromatic carbocycles. The van der Waals surface area contributed by atoms with Gasteiger partial charge in [-0.05, 0) is 69.9 Å². The zero-order valence-corrected chi connectivity index (χ0v) is 26.6. The molecule has 0 saturated heterocycles. The molecule has 0 aliphatic carbocycles. The highest BCUT2D eigenvalue weighted by Crippen LogP contribution is 2.36. The second-order valence-corrected chi connectivity index (χ2v) is 13.1. The standard InChI is InChI=1S/C32H51N3O7/c1-9-10-17-33-28(38)21(2)18-26(36)23(34-30(40)42-31(3,4)5)19-32(6,7)20-27(37)35-24-14-12-11-13-22(24)15-16-25(35)29(39)41-8/h11-14,21,23,25-26,36H,9-10,15-20H2,1-8H3,(H,33,38)(H,34,40)/t21-,23+,25?,26+/m1/s1. The van der Waals surface area contributed by atoms with E-state index in [1.807, 2.05) is 45.0 Å². The molecule has 4 atom stereocenters. The maximum atomic E-state index is 13.9. The molecule has 0 fully saturated rings. The molecule has 0 saturated carbocycles. The summed E-state index contributed by atoms with van der Waals surface area (Å²) in [6, 6.07) is 5.99. The minimum Gasteiger partial charge on any atom is -0.467 e. The average molecular weight is 590 g/mol. The molecule has 1 aliphatic heterocycles. The first-order chi connectivity index (χ1) is 19.6. The zero-order chi connectivity index (χ0) is 31.7. The fraction of sp³-hybridized carbons (Fsp3) is 0.688. The van der Waals surface area contributed by atoms with Gasteiger partial charge in [0.2, 0.25) is 11.8 Å². The van der Waals surface area contributed by atoms with Gasteiger partial charge in [0.15, 0.2) is 0 Å². The maximum Gasteiger partial charge on any atom is 0.407 e. The highest BCUT2D eigenvalue weighted by molar-refractivity contribution is 6.01. The number of esters is 1. The van der Waals surface area contributed by atoms with Crippen molar-refractivity contribution in [1.82, 2.24) is 10.6 Å². The number of methoxy groups -OCH3 is 1. The molecule has 3 amide bonds. The van der Waals surface area contributed by atoms with Crippen LogP contribution in [0.2, 0.25) is 0 Å². The van der Waals surface area contributed by atoms with Crippen LogP contribution in [0.3, 0.4) is 0 Å². The van der Waals surface area contributed by atoms with E-state index in [-0.39, 0.29) is 31.1 Å². The number of benzene rings is 1. The number of anilines is 1. The number of para-hydroxylation sites is 1. The summed E-state index contributed by atoms with van der Waals surface area (Å²) in [5, 5.41) is 16.9. The van der Waals surface area contributed by atoms with Gasteiger partial charge < -0.3 is 25.2 Å². The second-order valence-electron chi connectivity index (χ2n) is 13.1. The Bertz CT molecular complexity index is 1080. The normalized spacial score (nSPS) is 17.4. The average Bonchev–Trinajstić information content (AvgIpc) is 2.89. The van der Waals surface area contributed by atoms with E-state index in [0.29, 0.717) is 25.1 Å². The highest BCUT2D eigenvalue weighted by atomic mass is 16.6. The Morgan fingerprint density at radius 1 is 1.12 bits per heavy atom. The molecule has 1 aromatic rings. The smallest absolute Gasteiger partial charge is 0.407 e. The van der Waals surface area contributed by atoms with Crippen molar-refractivity contribution in [3.05, 3.63) is 29.8 Å². The van der Waals surface area contributed by atoms with Gasteiger partial charge in [0.25, 0.3) is 0 Å². The van der Waals surface area contributed by atoms with E-state index in [1.54, 1.807) is 27.7 Å². The Hall–Kier alpha value is -3.14. The number of rotatable bonds is 13. The molecular formula is C32H51N3O7. The number of aliphatic hydroxyl groups is 1. The number of ether oxygens (including phenoxy) is 2. The van der Waals surface area contributed by atoms with Gasteiger partial charge >= 0.3 is 12.1 Å². The van der Waals surface area contributed by atoms with Gasteiger partial charge in [-0.3, -0.25) is 14.5 Å². The molecule has 236 valence electrons. The number of alkyl carbamates (subject to hydrolysis) is 1. The summed E-state index contributed by atoms with van der Waals surface area (Å²) >= 11 is 0. The summed E-state index contributed by atoms with van der Waals surface area (Å²) < 4.78 is 10.5. The van der Waals surface area contributed by atoms with Crippen LogP contribution >= 0.6 is 0 Å². The summed E-state index contributed by atoms with van der Waals surface area (Å²) in [6.45, 7) is 13.3. The number of amides is 3. The minimum absolute atomic E-state index is 0.0428. The maximum absolute atomic E-state index is 13.9. The van der Waals surface area contributed by atoms with E-state index < -0.39 is 47.2 Å². The van der Waals surface area contributed by atoms with E-state index in [9.17, 15) is 24.3 Å². The summed E-state index contributed by atoms with van der Waals surface area (Å²) in [4.78, 5) is 53.4. The number of nitrogens with one attached hydrogen (secondary N) is 2. The molecular weight excluding hydrogens is 538 g/mol. The number of carbonyl (C=O) groups is 4. The van der Waals surface area contributed by atoms with Gasteiger partial charge in [0.05, 0.1) is 19.3 Å². The topological polar surface area (TPSA) is 134 Å². The number of hydrogen-bond donors (Lipinski definition) is 3. The van der Waals surface area contributed by atoms with E-state index in [0.717, 1.165) is 18.4 Å². The van der Waals surface area contributed by atoms with E-state index in [2.05, 4.69) is 10.6 Å². The third kappa shape index (κ3) is 10.6. The minimum atomic E-state index is -1.07. The molecule has 42 heavy (non-hydrogen) atoms. The molecule has 2 rings (SSSR count). The van der Waals surface area contributed by atoms with Crippen molar-refractivity contribution >= 4 is 29.6 Å². The molecule has 0 radical (unpaired) electrons. The van der Waals surface area contributed by atoms with Crippen molar-refractivity contribution in [1.29, 1.82) is 0 Å². The van der Waals surface area contributed by atoms with Crippen molar-refractivity contribution in [2.45, 2.75) is 117 Å². The van der Waals surface area contributed by atoms with Crippen molar-refractivity contribution in [3.8, 4) is 0 Å². The van der Waals surface area contributed by atoms with Gasteiger partial charge in [-0.2, -0.15) is 0 Å². The van der Waals surface area contributed by atoms with Gasteiger partial charge in [0, 0.05) is 24.6 Å². The molecule has 1 heterocycles. The molecule has 10 heteroatoms. The van der Waals surface area contributed by atoms with Crippen molar-refractivity contribution in [2.24, 2.45) is 11.3 Å². The summed E-state index contributed by atoms with van der Waals surface area (Å²) in [5.74, 6) is -1.38. The monoisotopic (exact) mass is 589 g/mol. The molecule has 0 bridgehead atoms. The lowest BCUT2D eigenvalue weighted by molar-refractivity contribution is -0.144. The van der Waals surface area contributed by atoms with Crippen LogP contribution in [0.25, 0.3) is 0 Å². The van der Waals surface area contributed by atoms with Crippen LogP contribution in [-0.2, 0) is 30.3 Å². The third-order valence-electron chi connectivity index (χ3n) is 7.43. The van der Waals surface area contributed by atoms with Crippen molar-refractivity contribution < 1.29 is 33.8 Å². The van der Waals surface area contributed by atoms with Crippen LogP contribution in [0.4, 0.5) is 10.5 Å². The largest absolute Gasteiger partial charge is 0.467 e. The van der Waals surface area contributed by atoms with Crippen LogP contribution in [-0.4, -0.2) is 66.4 Å². The van der Waals surface area contributed by atoms with Gasteiger partial charge in [-0.15, -0.1) is 0 Å². The molecule has 0 spiro atoms. The molecule has 3 N–H and O–H groups in total. The van der Waals surface area contributed by atoms with Gasteiger partial charge in [-0.25, -0.2) is 9.59 Å². The quantitative estimate of drug-likeness (QED) is 0.228. The first kappa shape index (κ1) is 35.1. The lowest BCUT2D eigenvalue weighted by Gasteiger charge is -2.38. The fourth-order valence-electron chi connectivity index (χ4n) is 5.31. The predicted molar refractivity (Wildman–Crippen MR) is 162 cm³/mol. The van der Waals surface area contributed by atoms with Crippen molar-refractivity contribution in [3.63, 3.8) is 0 Å². The first-order valence-corrected chi connectivity index (χ1v) is 15.0. The summed E-state index contributed by atoms with van der Waals surface area (Å²) in [6.07, 6.45) is 1.55. The Morgan fingerprint density at radius 3 is 2.40 bits per heavy atom.